The van der Waals surface area contributed by atoms with Crippen LogP contribution in [0.3, 0.4) is 0 Å². The minimum atomic E-state index is -0.197. The highest BCUT2D eigenvalue weighted by Crippen LogP contribution is 2.31. The molecule has 0 spiro atoms. The number of amides is 1. The fraction of sp³-hybridized carbons (Fsp3) is 0.615. The monoisotopic (exact) mass is 333 g/mol. The van der Waals surface area contributed by atoms with Crippen LogP contribution in [0.1, 0.15) is 37.6 Å². The number of carbonyl (C=O) groups is 1. The Kier molecular flexibility index (Phi) is 6.71. The molecule has 0 atom stereocenters. The summed E-state index contributed by atoms with van der Waals surface area (Å²) in [6.07, 6.45) is 1.87. The first-order chi connectivity index (χ1) is 8.70. The molecule has 5 heteroatoms. The summed E-state index contributed by atoms with van der Waals surface area (Å²) in [5, 5.41) is 0. The Morgan fingerprint density at radius 1 is 1.56 bits per heavy atom. The van der Waals surface area contributed by atoms with E-state index in [9.17, 15) is 4.79 Å². The maximum absolute atomic E-state index is 11.7. The molecule has 3 nitrogen and oxygen atoms in total. The van der Waals surface area contributed by atoms with Crippen molar-refractivity contribution >= 4 is 33.4 Å². The van der Waals surface area contributed by atoms with Gasteiger partial charge in [0, 0.05) is 11.4 Å². The topological polar surface area (TPSA) is 29.5 Å². The third kappa shape index (κ3) is 3.99. The van der Waals surface area contributed by atoms with Gasteiger partial charge in [-0.3, -0.25) is 0 Å². The van der Waals surface area contributed by atoms with E-state index in [4.69, 9.17) is 4.74 Å². The smallest absolute Gasteiger partial charge is 0.410 e. The first-order valence-corrected chi connectivity index (χ1v) is 8.00. The number of nitrogens with zero attached hydrogens (tertiary/aromatic N) is 1. The highest BCUT2D eigenvalue weighted by atomic mass is 79.9. The number of aryl methyl sites for hydroxylation is 1. The largest absolute Gasteiger partial charge is 0.450 e. The molecule has 0 bridgehead atoms. The minimum absolute atomic E-state index is 0.197. The summed E-state index contributed by atoms with van der Waals surface area (Å²) < 4.78 is 6.18. The van der Waals surface area contributed by atoms with Crippen LogP contribution in [0.25, 0.3) is 0 Å². The molecule has 0 aliphatic carbocycles. The van der Waals surface area contributed by atoms with Crippen molar-refractivity contribution in [3.63, 3.8) is 0 Å². The van der Waals surface area contributed by atoms with E-state index in [1.54, 1.807) is 16.2 Å². The number of ether oxygens (including phenoxy) is 1. The molecule has 1 aliphatic heterocycles. The fourth-order valence-electron chi connectivity index (χ4n) is 1.86. The van der Waals surface area contributed by atoms with Gasteiger partial charge in [-0.15, -0.1) is 11.3 Å². The van der Waals surface area contributed by atoms with Crippen LogP contribution in [-0.4, -0.2) is 24.1 Å². The lowest BCUT2D eigenvalue weighted by atomic mass is 10.2. The molecule has 1 amide bonds. The lowest BCUT2D eigenvalue weighted by molar-refractivity contribution is 0.105. The van der Waals surface area contributed by atoms with Gasteiger partial charge in [-0.05, 0) is 47.3 Å². The van der Waals surface area contributed by atoms with E-state index in [-0.39, 0.29) is 6.09 Å². The fourth-order valence-corrected chi connectivity index (χ4v) is 3.66. The van der Waals surface area contributed by atoms with Gasteiger partial charge in [-0.1, -0.05) is 13.8 Å². The van der Waals surface area contributed by atoms with E-state index in [0.717, 1.165) is 23.2 Å². The Bertz CT molecular complexity index is 392. The zero-order chi connectivity index (χ0) is 13.5. The average Bonchev–Trinajstić information content (AvgIpc) is 2.59. The highest BCUT2D eigenvalue weighted by molar-refractivity contribution is 9.11. The molecule has 2 heterocycles. The predicted molar refractivity (Wildman–Crippen MR) is 79.1 cm³/mol. The first-order valence-electron chi connectivity index (χ1n) is 6.39. The first kappa shape index (κ1) is 15.5. The van der Waals surface area contributed by atoms with Crippen molar-refractivity contribution in [2.75, 3.05) is 13.2 Å². The highest BCUT2D eigenvalue weighted by Gasteiger charge is 2.21. The van der Waals surface area contributed by atoms with Crippen LogP contribution >= 0.6 is 27.3 Å². The van der Waals surface area contributed by atoms with Crippen molar-refractivity contribution in [3.8, 4) is 0 Å². The number of rotatable bonds is 1. The van der Waals surface area contributed by atoms with Crippen LogP contribution in [0.15, 0.2) is 9.85 Å². The molecular weight excluding hydrogens is 314 g/mol. The molecule has 0 fully saturated rings. The summed E-state index contributed by atoms with van der Waals surface area (Å²) >= 11 is 5.26. The Hall–Kier alpha value is -0.550. The van der Waals surface area contributed by atoms with Gasteiger partial charge in [-0.2, -0.15) is 0 Å². The summed E-state index contributed by atoms with van der Waals surface area (Å²) in [5.74, 6) is 0. The summed E-state index contributed by atoms with van der Waals surface area (Å²) in [4.78, 5) is 14.8. The van der Waals surface area contributed by atoms with Crippen LogP contribution in [0, 0.1) is 0 Å². The van der Waals surface area contributed by atoms with Crippen molar-refractivity contribution in [1.82, 2.24) is 4.90 Å². The minimum Gasteiger partial charge on any atom is -0.450 e. The lowest BCUT2D eigenvalue weighted by Gasteiger charge is -2.19. The molecule has 0 saturated heterocycles. The molecule has 102 valence electrons. The van der Waals surface area contributed by atoms with Crippen molar-refractivity contribution in [3.05, 3.63) is 20.3 Å². The number of hydrogen-bond acceptors (Lipinski definition) is 3. The van der Waals surface area contributed by atoms with Crippen molar-refractivity contribution in [1.29, 1.82) is 0 Å². The standard InChI is InChI=1S/C11H14BrNO2S.C2H6/c1-2-15-11(14)13-5-3-4-9-8(7-13)6-10(12)16-9;1-2/h6H,2-5,7H2,1H3;1-2H3. The molecule has 1 aromatic heterocycles. The summed E-state index contributed by atoms with van der Waals surface area (Å²) in [6, 6.07) is 2.11. The second kappa shape index (κ2) is 7.79. The van der Waals surface area contributed by atoms with Crippen LogP contribution in [-0.2, 0) is 17.7 Å². The van der Waals surface area contributed by atoms with Gasteiger partial charge in [0.15, 0.2) is 0 Å². The zero-order valence-corrected chi connectivity index (χ0v) is 13.6. The molecule has 1 aliphatic rings. The van der Waals surface area contributed by atoms with Crippen LogP contribution in [0.5, 0.6) is 0 Å². The van der Waals surface area contributed by atoms with Gasteiger partial charge >= 0.3 is 6.09 Å². The van der Waals surface area contributed by atoms with Crippen LogP contribution in [0.2, 0.25) is 0 Å². The maximum Gasteiger partial charge on any atom is 0.410 e. The Morgan fingerprint density at radius 2 is 2.28 bits per heavy atom. The third-order valence-electron chi connectivity index (χ3n) is 2.59. The quantitative estimate of drug-likeness (QED) is 0.760. The van der Waals surface area contributed by atoms with Gasteiger partial charge in [0.2, 0.25) is 0 Å². The van der Waals surface area contributed by atoms with Gasteiger partial charge in [-0.25, -0.2) is 4.79 Å². The maximum atomic E-state index is 11.7. The van der Waals surface area contributed by atoms with Gasteiger partial charge in [0.05, 0.1) is 16.9 Å². The molecule has 0 saturated carbocycles. The molecule has 18 heavy (non-hydrogen) atoms. The number of carbonyl (C=O) groups excluding carboxylic acids is 1. The lowest BCUT2D eigenvalue weighted by Crippen LogP contribution is -2.31. The molecule has 0 N–H and O–H groups in total. The van der Waals surface area contributed by atoms with Gasteiger partial charge in [0.25, 0.3) is 0 Å². The summed E-state index contributed by atoms with van der Waals surface area (Å²) in [5.41, 5.74) is 1.25. The Labute approximate surface area is 121 Å². The van der Waals surface area contributed by atoms with E-state index in [1.807, 2.05) is 20.8 Å². The predicted octanol–water partition coefficient (Wildman–Crippen LogP) is 4.44. The molecule has 1 aromatic rings. The van der Waals surface area contributed by atoms with Crippen LogP contribution < -0.4 is 0 Å². The molecule has 2 rings (SSSR count). The number of fused-ring (bicyclic) bond motifs is 1. The average molecular weight is 334 g/mol. The van der Waals surface area contributed by atoms with E-state index in [0.29, 0.717) is 13.2 Å². The van der Waals surface area contributed by atoms with E-state index in [1.165, 1.54) is 10.4 Å². The molecule has 0 aromatic carbocycles. The van der Waals surface area contributed by atoms with Crippen molar-refractivity contribution in [2.24, 2.45) is 0 Å². The van der Waals surface area contributed by atoms with E-state index >= 15 is 0 Å². The van der Waals surface area contributed by atoms with Crippen LogP contribution in [0.4, 0.5) is 4.79 Å². The van der Waals surface area contributed by atoms with Gasteiger partial charge in [0.1, 0.15) is 0 Å². The van der Waals surface area contributed by atoms with Crippen molar-refractivity contribution in [2.45, 2.75) is 40.2 Å². The molecule has 0 unspecified atom stereocenters. The number of hydrogen-bond donors (Lipinski definition) is 0. The van der Waals surface area contributed by atoms with E-state index < -0.39 is 0 Å². The van der Waals surface area contributed by atoms with E-state index in [2.05, 4.69) is 22.0 Å². The summed E-state index contributed by atoms with van der Waals surface area (Å²) in [7, 11) is 0. The molecular formula is C13H20BrNO2S. The number of halogens is 1. The zero-order valence-electron chi connectivity index (χ0n) is 11.2. The normalized spacial score (nSPS) is 14.1. The molecule has 0 radical (unpaired) electrons. The van der Waals surface area contributed by atoms with Gasteiger partial charge < -0.3 is 9.64 Å². The summed E-state index contributed by atoms with van der Waals surface area (Å²) in [6.45, 7) is 7.74. The third-order valence-corrected chi connectivity index (χ3v) is 4.33. The second-order valence-electron chi connectivity index (χ2n) is 3.72. The number of thiophene rings is 1. The van der Waals surface area contributed by atoms with Crippen molar-refractivity contribution < 1.29 is 9.53 Å². The Morgan fingerprint density at radius 3 is 2.94 bits per heavy atom. The Balaban J connectivity index is 0.000000771. The SMILES string of the molecule is CC.CCOC(=O)N1CCCc2sc(Br)cc2C1. The second-order valence-corrected chi connectivity index (χ2v) is 6.24.